The normalized spacial score (nSPS) is 17.9. The van der Waals surface area contributed by atoms with Crippen LogP contribution in [-0.2, 0) is 14.8 Å². The first-order valence-corrected chi connectivity index (χ1v) is 11.0. The Morgan fingerprint density at radius 1 is 1.20 bits per heavy atom. The molecule has 1 amide bonds. The lowest BCUT2D eigenvalue weighted by molar-refractivity contribution is -0.384. The van der Waals surface area contributed by atoms with E-state index in [9.17, 15) is 23.3 Å². The van der Waals surface area contributed by atoms with Crippen molar-refractivity contribution < 1.29 is 18.1 Å². The average Bonchev–Trinajstić information content (AvgIpc) is 3.01. The van der Waals surface area contributed by atoms with Gasteiger partial charge in [0.25, 0.3) is 15.7 Å². The predicted molar refractivity (Wildman–Crippen MR) is 111 cm³/mol. The molecule has 0 atom stereocenters. The standard InChI is InChI=1S/C20H20N4O5S/c1-13-6-7-15(24(26)27)12-17(13)21-20(25)14-8-10-23(11-9-14)19-16-4-2-3-5-18(16)30(28,29)22-19/h2-7,12,14H,8-11H2,1H3,(H,21,25). The van der Waals surface area contributed by atoms with Gasteiger partial charge < -0.3 is 10.2 Å². The van der Waals surface area contributed by atoms with E-state index >= 15 is 0 Å². The second-order valence-electron chi connectivity index (χ2n) is 7.39. The summed E-state index contributed by atoms with van der Waals surface area (Å²) in [6.07, 6.45) is 1.06. The molecule has 2 aliphatic heterocycles. The molecule has 0 bridgehead atoms. The molecule has 1 saturated heterocycles. The number of nitro benzene ring substituents is 1. The minimum atomic E-state index is -3.68. The Morgan fingerprint density at radius 2 is 1.90 bits per heavy atom. The third-order valence-electron chi connectivity index (χ3n) is 5.47. The van der Waals surface area contributed by atoms with Crippen LogP contribution in [0.25, 0.3) is 0 Å². The molecule has 4 rings (SSSR count). The molecule has 2 heterocycles. The molecule has 9 nitrogen and oxygen atoms in total. The average molecular weight is 428 g/mol. The number of amides is 1. The zero-order valence-electron chi connectivity index (χ0n) is 16.2. The summed E-state index contributed by atoms with van der Waals surface area (Å²) in [5, 5.41) is 13.8. The van der Waals surface area contributed by atoms with Gasteiger partial charge in [-0.3, -0.25) is 14.9 Å². The summed E-state index contributed by atoms with van der Waals surface area (Å²) in [5.41, 5.74) is 1.68. The molecule has 2 aromatic carbocycles. The van der Waals surface area contributed by atoms with Crippen molar-refractivity contribution in [3.63, 3.8) is 0 Å². The van der Waals surface area contributed by atoms with Crippen LogP contribution in [0.2, 0.25) is 0 Å². The number of amidine groups is 1. The first-order chi connectivity index (χ1) is 14.3. The maximum atomic E-state index is 12.7. The summed E-state index contributed by atoms with van der Waals surface area (Å²) in [6, 6.07) is 11.1. The summed E-state index contributed by atoms with van der Waals surface area (Å²) < 4.78 is 28.5. The Bertz CT molecular complexity index is 1170. The first kappa shape index (κ1) is 20.0. The van der Waals surface area contributed by atoms with Crippen LogP contribution >= 0.6 is 0 Å². The smallest absolute Gasteiger partial charge is 0.285 e. The van der Waals surface area contributed by atoms with Crippen molar-refractivity contribution in [3.05, 3.63) is 63.7 Å². The zero-order valence-corrected chi connectivity index (χ0v) is 17.1. The fourth-order valence-corrected chi connectivity index (χ4v) is 4.99. The molecule has 1 N–H and O–H groups in total. The van der Waals surface area contributed by atoms with Crippen molar-refractivity contribution in [3.8, 4) is 0 Å². The molecule has 156 valence electrons. The number of hydrogen-bond donors (Lipinski definition) is 1. The monoisotopic (exact) mass is 428 g/mol. The SMILES string of the molecule is Cc1ccc([N+](=O)[O-])cc1NC(=O)C1CCN(C2=NS(=O)(=O)c3ccccc32)CC1. The topological polar surface area (TPSA) is 122 Å². The van der Waals surface area contributed by atoms with Crippen LogP contribution in [0.1, 0.15) is 24.0 Å². The maximum absolute atomic E-state index is 12.7. The molecule has 2 aromatic rings. The van der Waals surface area contributed by atoms with Gasteiger partial charge in [-0.1, -0.05) is 18.2 Å². The number of carbonyl (C=O) groups is 1. The van der Waals surface area contributed by atoms with Crippen LogP contribution in [0.3, 0.4) is 0 Å². The van der Waals surface area contributed by atoms with Crippen molar-refractivity contribution in [2.24, 2.45) is 10.3 Å². The third-order valence-corrected chi connectivity index (χ3v) is 6.79. The Morgan fingerprint density at radius 3 is 2.60 bits per heavy atom. The van der Waals surface area contributed by atoms with E-state index in [4.69, 9.17) is 0 Å². The number of rotatable bonds is 3. The second-order valence-corrected chi connectivity index (χ2v) is 8.97. The van der Waals surface area contributed by atoms with E-state index in [-0.39, 0.29) is 22.4 Å². The minimum absolute atomic E-state index is 0.0789. The van der Waals surface area contributed by atoms with Crippen LogP contribution in [-0.4, -0.2) is 43.1 Å². The fraction of sp³-hybridized carbons (Fsp3) is 0.300. The van der Waals surface area contributed by atoms with Crippen LogP contribution in [0.4, 0.5) is 11.4 Å². The van der Waals surface area contributed by atoms with Crippen LogP contribution < -0.4 is 5.32 Å². The predicted octanol–water partition coefficient (Wildman–Crippen LogP) is 2.70. The lowest BCUT2D eigenvalue weighted by Crippen LogP contribution is -2.41. The Hall–Kier alpha value is -3.27. The Balaban J connectivity index is 1.44. The number of benzene rings is 2. The van der Waals surface area contributed by atoms with Crippen LogP contribution in [0.5, 0.6) is 0 Å². The van der Waals surface area contributed by atoms with Gasteiger partial charge in [-0.15, -0.1) is 4.40 Å². The Labute approximate surface area is 173 Å². The molecule has 2 aliphatic rings. The highest BCUT2D eigenvalue weighted by Crippen LogP contribution is 2.30. The number of hydrogen-bond acceptors (Lipinski definition) is 6. The molecule has 30 heavy (non-hydrogen) atoms. The molecular formula is C20H20N4O5S. The number of anilines is 1. The molecule has 1 fully saturated rings. The number of sulfonamides is 1. The summed E-state index contributed by atoms with van der Waals surface area (Å²) >= 11 is 0. The molecule has 0 spiro atoms. The Kier molecular flexibility index (Phi) is 5.02. The van der Waals surface area contributed by atoms with Gasteiger partial charge in [0.05, 0.1) is 10.6 Å². The largest absolute Gasteiger partial charge is 0.355 e. The number of nitrogens with zero attached hydrogens (tertiary/aromatic N) is 3. The zero-order chi connectivity index (χ0) is 21.5. The van der Waals surface area contributed by atoms with Crippen molar-refractivity contribution >= 4 is 33.1 Å². The van der Waals surface area contributed by atoms with Crippen molar-refractivity contribution in [1.82, 2.24) is 4.90 Å². The maximum Gasteiger partial charge on any atom is 0.285 e. The summed E-state index contributed by atoms with van der Waals surface area (Å²) in [6.45, 7) is 2.77. The first-order valence-electron chi connectivity index (χ1n) is 9.51. The number of carbonyl (C=O) groups excluding carboxylic acids is 1. The third kappa shape index (κ3) is 3.65. The number of likely N-dealkylation sites (tertiary alicyclic amines) is 1. The van der Waals surface area contributed by atoms with Gasteiger partial charge in [-0.2, -0.15) is 8.42 Å². The highest BCUT2D eigenvalue weighted by molar-refractivity contribution is 7.90. The highest BCUT2D eigenvalue weighted by Gasteiger charge is 2.34. The van der Waals surface area contributed by atoms with E-state index in [1.165, 1.54) is 12.1 Å². The molecular weight excluding hydrogens is 408 g/mol. The van der Waals surface area contributed by atoms with E-state index in [2.05, 4.69) is 9.71 Å². The summed E-state index contributed by atoms with van der Waals surface area (Å²) in [7, 11) is -3.68. The number of aryl methyl sites for hydroxylation is 1. The van der Waals surface area contributed by atoms with Crippen LogP contribution in [0.15, 0.2) is 51.8 Å². The molecule has 0 saturated carbocycles. The van der Waals surface area contributed by atoms with Gasteiger partial charge in [0.2, 0.25) is 5.91 Å². The van der Waals surface area contributed by atoms with E-state index in [0.717, 1.165) is 5.56 Å². The van der Waals surface area contributed by atoms with E-state index < -0.39 is 14.9 Å². The lowest BCUT2D eigenvalue weighted by Gasteiger charge is -2.32. The van der Waals surface area contributed by atoms with Gasteiger partial charge in [-0.05, 0) is 37.5 Å². The minimum Gasteiger partial charge on any atom is -0.355 e. The van der Waals surface area contributed by atoms with Crippen molar-refractivity contribution in [1.29, 1.82) is 0 Å². The number of nitrogens with one attached hydrogen (secondary N) is 1. The van der Waals surface area contributed by atoms with Crippen LogP contribution in [0, 0.1) is 23.0 Å². The van der Waals surface area contributed by atoms with E-state index in [0.29, 0.717) is 43.0 Å². The fourth-order valence-electron chi connectivity index (χ4n) is 3.76. The van der Waals surface area contributed by atoms with Gasteiger partial charge in [0, 0.05) is 36.7 Å². The van der Waals surface area contributed by atoms with E-state index in [1.807, 2.05) is 4.90 Å². The summed E-state index contributed by atoms with van der Waals surface area (Å²) in [4.78, 5) is 25.3. The summed E-state index contributed by atoms with van der Waals surface area (Å²) in [5.74, 6) is -0.0348. The number of fused-ring (bicyclic) bond motifs is 1. The quantitative estimate of drug-likeness (QED) is 0.592. The van der Waals surface area contributed by atoms with Gasteiger partial charge in [0.15, 0.2) is 5.84 Å². The molecule has 0 aliphatic carbocycles. The highest BCUT2D eigenvalue weighted by atomic mass is 32.2. The van der Waals surface area contributed by atoms with Crippen molar-refractivity contribution in [2.75, 3.05) is 18.4 Å². The lowest BCUT2D eigenvalue weighted by atomic mass is 9.95. The van der Waals surface area contributed by atoms with Gasteiger partial charge in [-0.25, -0.2) is 0 Å². The molecule has 0 radical (unpaired) electrons. The number of piperidine rings is 1. The molecule has 0 unspecified atom stereocenters. The van der Waals surface area contributed by atoms with Crippen molar-refractivity contribution in [2.45, 2.75) is 24.7 Å². The number of nitro groups is 1. The van der Waals surface area contributed by atoms with E-state index in [1.54, 1.807) is 37.3 Å². The van der Waals surface area contributed by atoms with Gasteiger partial charge >= 0.3 is 0 Å². The molecule has 10 heteroatoms. The van der Waals surface area contributed by atoms with Gasteiger partial charge in [0.1, 0.15) is 4.90 Å². The number of non-ortho nitro benzene ring substituents is 1. The second kappa shape index (κ2) is 7.52. The molecule has 0 aromatic heterocycles.